The van der Waals surface area contributed by atoms with Crippen LogP contribution in [-0.4, -0.2) is 28.2 Å². The third-order valence-electron chi connectivity index (χ3n) is 2.98. The van der Waals surface area contributed by atoms with Crippen LogP contribution in [-0.2, 0) is 0 Å². The molecule has 0 spiro atoms. The van der Waals surface area contributed by atoms with E-state index in [1.165, 1.54) is 0 Å². The highest BCUT2D eigenvalue weighted by molar-refractivity contribution is 6.30. The maximum Gasteiger partial charge on any atom is 0.231 e. The van der Waals surface area contributed by atoms with Gasteiger partial charge in [-0.05, 0) is 25.5 Å². The Morgan fingerprint density at radius 3 is 3.12 bits per heavy atom. The third-order valence-corrected chi connectivity index (χ3v) is 3.19. The van der Waals surface area contributed by atoms with E-state index in [2.05, 4.69) is 20.4 Å². The number of aromatic nitrogens is 3. The van der Waals surface area contributed by atoms with Crippen LogP contribution in [0.2, 0.25) is 5.02 Å². The van der Waals surface area contributed by atoms with E-state index < -0.39 is 0 Å². The van der Waals surface area contributed by atoms with Crippen molar-refractivity contribution in [3.8, 4) is 11.5 Å². The van der Waals surface area contributed by atoms with Crippen LogP contribution in [0.25, 0.3) is 11.5 Å². The van der Waals surface area contributed by atoms with Crippen molar-refractivity contribution in [1.82, 2.24) is 20.4 Å². The van der Waals surface area contributed by atoms with Gasteiger partial charge in [0.25, 0.3) is 0 Å². The summed E-state index contributed by atoms with van der Waals surface area (Å²) in [5.41, 5.74) is 0.786. The quantitative estimate of drug-likeness (QED) is 0.860. The van der Waals surface area contributed by atoms with Gasteiger partial charge in [-0.1, -0.05) is 16.8 Å². The van der Waals surface area contributed by atoms with Gasteiger partial charge < -0.3 is 14.8 Å². The number of halogens is 1. The van der Waals surface area contributed by atoms with Gasteiger partial charge in [0.2, 0.25) is 11.7 Å². The molecule has 2 aromatic heterocycles. The molecule has 2 aromatic rings. The Bertz CT molecular complexity index is 501. The summed E-state index contributed by atoms with van der Waals surface area (Å²) in [6.45, 7) is 1.98. The number of hydrogen-bond acceptors (Lipinski definition) is 4. The highest BCUT2D eigenvalue weighted by Crippen LogP contribution is 2.24. The van der Waals surface area contributed by atoms with Crippen molar-refractivity contribution in [2.24, 2.45) is 0 Å². The van der Waals surface area contributed by atoms with Crippen molar-refractivity contribution >= 4 is 11.6 Å². The maximum atomic E-state index is 5.84. The predicted octanol–water partition coefficient (Wildman–Crippen LogP) is 2.19. The van der Waals surface area contributed by atoms with E-state index in [9.17, 15) is 0 Å². The Kier molecular flexibility index (Phi) is 2.86. The molecular formula is C11H13ClN4O. The van der Waals surface area contributed by atoms with Crippen molar-refractivity contribution in [2.45, 2.75) is 18.8 Å². The van der Waals surface area contributed by atoms with Crippen molar-refractivity contribution in [1.29, 1.82) is 0 Å². The van der Waals surface area contributed by atoms with Crippen LogP contribution >= 0.6 is 11.6 Å². The lowest BCUT2D eigenvalue weighted by atomic mass is 10.00. The van der Waals surface area contributed by atoms with Crippen LogP contribution in [0.1, 0.15) is 24.7 Å². The first-order chi connectivity index (χ1) is 8.33. The molecule has 0 radical (unpaired) electrons. The van der Waals surface area contributed by atoms with E-state index in [-0.39, 0.29) is 0 Å². The second-order valence-corrected chi connectivity index (χ2v) is 4.67. The number of nitrogens with one attached hydrogen (secondary N) is 2. The summed E-state index contributed by atoms with van der Waals surface area (Å²) in [4.78, 5) is 7.42. The van der Waals surface area contributed by atoms with Crippen molar-refractivity contribution < 1.29 is 4.52 Å². The highest BCUT2D eigenvalue weighted by atomic mass is 35.5. The lowest BCUT2D eigenvalue weighted by molar-refractivity contribution is 0.322. The van der Waals surface area contributed by atoms with Gasteiger partial charge in [-0.2, -0.15) is 4.98 Å². The summed E-state index contributed by atoms with van der Waals surface area (Å²) in [6, 6.07) is 1.79. The normalized spacial score (nSPS) is 20.6. The fourth-order valence-electron chi connectivity index (χ4n) is 2.07. The molecular weight excluding hydrogens is 240 g/mol. The van der Waals surface area contributed by atoms with Gasteiger partial charge in [-0.25, -0.2) is 0 Å². The van der Waals surface area contributed by atoms with Gasteiger partial charge >= 0.3 is 0 Å². The summed E-state index contributed by atoms with van der Waals surface area (Å²) in [5.74, 6) is 1.60. The first kappa shape index (κ1) is 10.8. The monoisotopic (exact) mass is 252 g/mol. The largest absolute Gasteiger partial charge is 0.357 e. The van der Waals surface area contributed by atoms with Gasteiger partial charge in [-0.15, -0.1) is 0 Å². The average Bonchev–Trinajstić information content (AvgIpc) is 2.98. The SMILES string of the molecule is Clc1c[nH]c(-c2noc(C3CCCNC3)n2)c1. The molecule has 90 valence electrons. The Hall–Kier alpha value is -1.33. The molecule has 0 amide bonds. The summed E-state index contributed by atoms with van der Waals surface area (Å²) in [7, 11) is 0. The molecule has 0 bridgehead atoms. The van der Waals surface area contributed by atoms with Gasteiger partial charge in [0.05, 0.1) is 16.6 Å². The van der Waals surface area contributed by atoms with Crippen molar-refractivity contribution in [2.75, 3.05) is 13.1 Å². The number of piperidine rings is 1. The molecule has 1 unspecified atom stereocenters. The summed E-state index contributed by atoms with van der Waals surface area (Å²) < 4.78 is 5.30. The molecule has 1 aliphatic rings. The molecule has 1 saturated heterocycles. The maximum absolute atomic E-state index is 5.84. The van der Waals surface area contributed by atoms with Crippen LogP contribution in [0.3, 0.4) is 0 Å². The average molecular weight is 253 g/mol. The molecule has 6 heteroatoms. The van der Waals surface area contributed by atoms with E-state index in [1.54, 1.807) is 12.3 Å². The zero-order chi connectivity index (χ0) is 11.7. The topological polar surface area (TPSA) is 66.7 Å². The van der Waals surface area contributed by atoms with Gasteiger partial charge in [0, 0.05) is 12.7 Å². The first-order valence-electron chi connectivity index (χ1n) is 5.71. The summed E-state index contributed by atoms with van der Waals surface area (Å²) in [5, 5.41) is 7.95. The number of rotatable bonds is 2. The molecule has 3 rings (SSSR count). The Morgan fingerprint density at radius 1 is 1.47 bits per heavy atom. The lowest BCUT2D eigenvalue weighted by Crippen LogP contribution is -2.28. The standard InChI is InChI=1S/C11H13ClN4O/c12-8-4-9(14-6-8)10-15-11(17-16-10)7-2-1-3-13-5-7/h4,6-7,13-14H,1-3,5H2. The smallest absolute Gasteiger partial charge is 0.231 e. The molecule has 1 atom stereocenters. The van der Waals surface area contributed by atoms with E-state index in [1.807, 2.05) is 0 Å². The summed E-state index contributed by atoms with van der Waals surface area (Å²) in [6.07, 6.45) is 3.95. The summed E-state index contributed by atoms with van der Waals surface area (Å²) >= 11 is 5.84. The highest BCUT2D eigenvalue weighted by Gasteiger charge is 2.21. The predicted molar refractivity (Wildman–Crippen MR) is 63.9 cm³/mol. The number of hydrogen-bond donors (Lipinski definition) is 2. The number of H-pyrrole nitrogens is 1. The van der Waals surface area contributed by atoms with Gasteiger partial charge in [-0.3, -0.25) is 0 Å². The van der Waals surface area contributed by atoms with Gasteiger partial charge in [0.1, 0.15) is 0 Å². The lowest BCUT2D eigenvalue weighted by Gasteiger charge is -2.18. The van der Waals surface area contributed by atoms with E-state index >= 15 is 0 Å². The zero-order valence-electron chi connectivity index (χ0n) is 9.24. The third kappa shape index (κ3) is 2.21. The first-order valence-corrected chi connectivity index (χ1v) is 6.09. The molecule has 0 saturated carbocycles. The van der Waals surface area contributed by atoms with E-state index in [0.717, 1.165) is 31.6 Å². The second kappa shape index (κ2) is 4.50. The minimum atomic E-state index is 0.329. The molecule has 0 aromatic carbocycles. The molecule has 3 heterocycles. The van der Waals surface area contributed by atoms with Crippen LogP contribution in [0.5, 0.6) is 0 Å². The molecule has 2 N–H and O–H groups in total. The van der Waals surface area contributed by atoms with E-state index in [4.69, 9.17) is 16.1 Å². The van der Waals surface area contributed by atoms with Crippen LogP contribution in [0.15, 0.2) is 16.8 Å². The van der Waals surface area contributed by atoms with Crippen molar-refractivity contribution in [3.63, 3.8) is 0 Å². The van der Waals surface area contributed by atoms with E-state index in [0.29, 0.717) is 22.7 Å². The molecule has 17 heavy (non-hydrogen) atoms. The fraction of sp³-hybridized carbons (Fsp3) is 0.455. The van der Waals surface area contributed by atoms with Gasteiger partial charge in [0.15, 0.2) is 0 Å². The minimum absolute atomic E-state index is 0.329. The van der Waals surface area contributed by atoms with Crippen LogP contribution in [0, 0.1) is 0 Å². The fourth-order valence-corrected chi connectivity index (χ4v) is 2.23. The Morgan fingerprint density at radius 2 is 2.41 bits per heavy atom. The number of nitrogens with zero attached hydrogens (tertiary/aromatic N) is 2. The second-order valence-electron chi connectivity index (χ2n) is 4.23. The molecule has 0 aliphatic carbocycles. The molecule has 5 nitrogen and oxygen atoms in total. The Labute approximate surface area is 104 Å². The molecule has 1 aliphatic heterocycles. The minimum Gasteiger partial charge on any atom is -0.357 e. The number of aromatic amines is 1. The Balaban J connectivity index is 1.82. The van der Waals surface area contributed by atoms with Crippen LogP contribution < -0.4 is 5.32 Å². The van der Waals surface area contributed by atoms with Crippen molar-refractivity contribution in [3.05, 3.63) is 23.2 Å². The molecule has 1 fully saturated rings. The van der Waals surface area contributed by atoms with Crippen LogP contribution in [0.4, 0.5) is 0 Å². The zero-order valence-corrected chi connectivity index (χ0v) is 10.00.